The Balaban J connectivity index is 1.61. The summed E-state index contributed by atoms with van der Waals surface area (Å²) < 4.78 is 36.7. The van der Waals surface area contributed by atoms with Crippen LogP contribution in [0.2, 0.25) is 0 Å². The summed E-state index contributed by atoms with van der Waals surface area (Å²) in [6, 6.07) is 14.4. The maximum Gasteiger partial charge on any atom is 0.387 e. The lowest BCUT2D eigenvalue weighted by atomic mass is 9.96. The number of rotatable bonds is 10. The summed E-state index contributed by atoms with van der Waals surface area (Å²) in [4.78, 5) is 23.7. The highest BCUT2D eigenvalue weighted by Gasteiger charge is 2.26. The van der Waals surface area contributed by atoms with Crippen molar-refractivity contribution < 1.29 is 23.4 Å². The van der Waals surface area contributed by atoms with E-state index in [4.69, 9.17) is 4.74 Å². The van der Waals surface area contributed by atoms with Gasteiger partial charge >= 0.3 is 6.61 Å². The van der Waals surface area contributed by atoms with Crippen molar-refractivity contribution in [1.82, 2.24) is 19.5 Å². The summed E-state index contributed by atoms with van der Waals surface area (Å²) in [6.07, 6.45) is 2.74. The molecule has 184 valence electrons. The zero-order chi connectivity index (χ0) is 25.0. The molecule has 2 aromatic heterocycles. The van der Waals surface area contributed by atoms with Crippen molar-refractivity contribution in [2.24, 2.45) is 0 Å². The van der Waals surface area contributed by atoms with Crippen LogP contribution < -0.4 is 15.0 Å². The number of aromatic nitrogens is 4. The van der Waals surface area contributed by atoms with Crippen molar-refractivity contribution in [1.29, 1.82) is 0 Å². The van der Waals surface area contributed by atoms with E-state index in [1.165, 1.54) is 19.5 Å². The van der Waals surface area contributed by atoms with Crippen LogP contribution in [0.4, 0.5) is 8.78 Å². The summed E-state index contributed by atoms with van der Waals surface area (Å²) in [5.74, 6) is 0.688. The molecular formula is C25H26F2N4O4. The van der Waals surface area contributed by atoms with E-state index < -0.39 is 12.2 Å². The lowest BCUT2D eigenvalue weighted by Gasteiger charge is -2.25. The molecule has 10 heteroatoms. The Morgan fingerprint density at radius 2 is 1.89 bits per heavy atom. The molecular weight excluding hydrogens is 458 g/mol. The first-order chi connectivity index (χ1) is 16.8. The topological polar surface area (TPSA) is 102 Å². The predicted molar refractivity (Wildman–Crippen MR) is 126 cm³/mol. The molecule has 0 saturated heterocycles. The van der Waals surface area contributed by atoms with Crippen LogP contribution in [0, 0.1) is 0 Å². The largest absolute Gasteiger partial charge is 0.493 e. The molecule has 4 aromatic rings. The molecule has 35 heavy (non-hydrogen) atoms. The highest BCUT2D eigenvalue weighted by Crippen LogP contribution is 2.31. The normalized spacial score (nSPS) is 13.2. The fourth-order valence-corrected chi connectivity index (χ4v) is 4.10. The van der Waals surface area contributed by atoms with Gasteiger partial charge in [-0.25, -0.2) is 9.97 Å². The van der Waals surface area contributed by atoms with Crippen LogP contribution in [0.5, 0.6) is 11.5 Å². The van der Waals surface area contributed by atoms with Crippen LogP contribution in [-0.2, 0) is 25.8 Å². The molecule has 1 unspecified atom stereocenters. The second-order valence-corrected chi connectivity index (χ2v) is 8.54. The van der Waals surface area contributed by atoms with Crippen molar-refractivity contribution in [3.63, 3.8) is 0 Å². The number of methoxy groups -OCH3 is 1. The van der Waals surface area contributed by atoms with Gasteiger partial charge in [-0.15, -0.1) is 0 Å². The minimum Gasteiger partial charge on any atom is -0.493 e. The molecule has 0 aliphatic rings. The van der Waals surface area contributed by atoms with Crippen LogP contribution in [-0.4, -0.2) is 43.9 Å². The molecule has 0 radical (unpaired) electrons. The summed E-state index contributed by atoms with van der Waals surface area (Å²) in [5.41, 5.74) is 0.744. The maximum atomic E-state index is 12.6. The standard InChI is InChI=1S/C25H26F2N4O4/c1-25(33,13-17-8-10-18(35-24(26)27)19(12-17)34-2)14-31-20(11-9-16-6-4-3-5-7-16)30-21-22(31)28-15-29-23(21)32/h3-8,10,12,15,24,33H,9,11,13-14H2,1-2H3,(H,28,29,32). The summed E-state index contributed by atoms with van der Waals surface area (Å²) in [6.45, 7) is -1.21. The zero-order valence-electron chi connectivity index (χ0n) is 19.4. The molecule has 2 N–H and O–H groups in total. The summed E-state index contributed by atoms with van der Waals surface area (Å²) in [5, 5.41) is 11.3. The van der Waals surface area contributed by atoms with E-state index >= 15 is 0 Å². The number of imidazole rings is 1. The van der Waals surface area contributed by atoms with E-state index in [1.54, 1.807) is 23.6 Å². The van der Waals surface area contributed by atoms with Crippen molar-refractivity contribution in [3.05, 3.63) is 82.2 Å². The average Bonchev–Trinajstić information content (AvgIpc) is 3.17. The zero-order valence-corrected chi connectivity index (χ0v) is 19.4. The van der Waals surface area contributed by atoms with E-state index in [-0.39, 0.29) is 35.5 Å². The molecule has 0 fully saturated rings. The van der Waals surface area contributed by atoms with Gasteiger partial charge in [-0.2, -0.15) is 8.78 Å². The van der Waals surface area contributed by atoms with Crippen LogP contribution in [0.1, 0.15) is 23.9 Å². The van der Waals surface area contributed by atoms with Gasteiger partial charge in [0.25, 0.3) is 5.56 Å². The quantitative estimate of drug-likeness (QED) is 0.357. The minimum atomic E-state index is -2.97. The van der Waals surface area contributed by atoms with Crippen LogP contribution in [0.15, 0.2) is 59.7 Å². The molecule has 2 aromatic carbocycles. The molecule has 0 aliphatic carbocycles. The van der Waals surface area contributed by atoms with Gasteiger partial charge in [0.05, 0.1) is 25.6 Å². The van der Waals surface area contributed by atoms with Gasteiger partial charge < -0.3 is 24.1 Å². The average molecular weight is 485 g/mol. The Morgan fingerprint density at radius 3 is 2.60 bits per heavy atom. The Bertz CT molecular complexity index is 1350. The number of halogens is 2. The molecule has 0 bridgehead atoms. The van der Waals surface area contributed by atoms with Gasteiger partial charge in [0.2, 0.25) is 0 Å². The third-order valence-corrected chi connectivity index (χ3v) is 5.63. The lowest BCUT2D eigenvalue weighted by Crippen LogP contribution is -2.34. The fourth-order valence-electron chi connectivity index (χ4n) is 4.10. The molecule has 0 amide bonds. The predicted octanol–water partition coefficient (Wildman–Crippen LogP) is 3.51. The molecule has 8 nitrogen and oxygen atoms in total. The lowest BCUT2D eigenvalue weighted by molar-refractivity contribution is -0.0512. The second-order valence-electron chi connectivity index (χ2n) is 8.54. The van der Waals surface area contributed by atoms with E-state index in [1.807, 2.05) is 30.3 Å². The number of nitrogens with one attached hydrogen (secondary N) is 1. The maximum absolute atomic E-state index is 12.6. The highest BCUT2D eigenvalue weighted by atomic mass is 19.3. The second kappa shape index (κ2) is 10.2. The Kier molecular flexibility index (Phi) is 7.11. The third-order valence-electron chi connectivity index (χ3n) is 5.63. The summed E-state index contributed by atoms with van der Waals surface area (Å²) >= 11 is 0. The highest BCUT2D eigenvalue weighted by molar-refractivity contribution is 5.70. The molecule has 0 aliphatic heterocycles. The van der Waals surface area contributed by atoms with Crippen molar-refractivity contribution in [2.45, 2.75) is 44.9 Å². The van der Waals surface area contributed by atoms with E-state index in [9.17, 15) is 18.7 Å². The van der Waals surface area contributed by atoms with Gasteiger partial charge in [0, 0.05) is 12.8 Å². The number of alkyl halides is 2. The van der Waals surface area contributed by atoms with Crippen molar-refractivity contribution in [2.75, 3.05) is 7.11 Å². The first-order valence-electron chi connectivity index (χ1n) is 11.1. The van der Waals surface area contributed by atoms with Crippen LogP contribution >= 0.6 is 0 Å². The van der Waals surface area contributed by atoms with Gasteiger partial charge in [-0.1, -0.05) is 36.4 Å². The monoisotopic (exact) mass is 484 g/mol. The number of aliphatic hydroxyl groups is 1. The number of nitrogens with zero attached hydrogens (tertiary/aromatic N) is 3. The molecule has 4 rings (SSSR count). The number of aryl methyl sites for hydroxylation is 2. The number of aromatic amines is 1. The summed E-state index contributed by atoms with van der Waals surface area (Å²) in [7, 11) is 1.36. The van der Waals surface area contributed by atoms with Crippen LogP contribution in [0.3, 0.4) is 0 Å². The smallest absolute Gasteiger partial charge is 0.387 e. The third kappa shape index (κ3) is 5.83. The first-order valence-corrected chi connectivity index (χ1v) is 11.1. The van der Waals surface area contributed by atoms with Gasteiger partial charge in [0.1, 0.15) is 5.82 Å². The van der Waals surface area contributed by atoms with E-state index in [2.05, 4.69) is 19.7 Å². The Hall–Kier alpha value is -3.79. The molecule has 1 atom stereocenters. The first kappa shape index (κ1) is 24.3. The van der Waals surface area contributed by atoms with Gasteiger partial charge in [-0.3, -0.25) is 4.79 Å². The van der Waals surface area contributed by atoms with E-state index in [0.29, 0.717) is 29.9 Å². The molecule has 0 spiro atoms. The number of H-pyrrole nitrogens is 1. The molecule has 0 saturated carbocycles. The van der Waals surface area contributed by atoms with Gasteiger partial charge in [-0.05, 0) is 36.6 Å². The number of ether oxygens (including phenoxy) is 2. The van der Waals surface area contributed by atoms with Gasteiger partial charge in [0.15, 0.2) is 22.7 Å². The van der Waals surface area contributed by atoms with Crippen molar-refractivity contribution >= 4 is 11.2 Å². The number of hydrogen-bond acceptors (Lipinski definition) is 6. The fraction of sp³-hybridized carbons (Fsp3) is 0.320. The van der Waals surface area contributed by atoms with Crippen LogP contribution in [0.25, 0.3) is 11.2 Å². The number of benzene rings is 2. The van der Waals surface area contributed by atoms with Crippen molar-refractivity contribution in [3.8, 4) is 11.5 Å². The molecule has 2 heterocycles. The minimum absolute atomic E-state index is 0.0851. The Morgan fingerprint density at radius 1 is 1.11 bits per heavy atom. The number of hydrogen-bond donors (Lipinski definition) is 2. The SMILES string of the molecule is COc1cc(CC(C)(O)Cn2c(CCc3ccccc3)nc3c(=O)[nH]cnc32)ccc1OC(F)F. The number of fused-ring (bicyclic) bond motifs is 1. The van der Waals surface area contributed by atoms with E-state index in [0.717, 1.165) is 5.56 Å². The Labute approximate surface area is 200 Å².